The number of anilines is 2. The van der Waals surface area contributed by atoms with Crippen LogP contribution in [0.2, 0.25) is 5.15 Å². The fourth-order valence-electron chi connectivity index (χ4n) is 1.07. The van der Waals surface area contributed by atoms with E-state index >= 15 is 0 Å². The molecule has 0 aliphatic heterocycles. The molecule has 3 nitrogen and oxygen atoms in total. The predicted octanol–water partition coefficient (Wildman–Crippen LogP) is 3.30. The molecule has 1 N–H and O–H groups in total. The quantitative estimate of drug-likeness (QED) is 0.821. The molecule has 1 heterocycles. The van der Waals surface area contributed by atoms with Gasteiger partial charge in [0, 0.05) is 11.8 Å². The van der Waals surface area contributed by atoms with Crippen LogP contribution >= 0.6 is 24.0 Å². The van der Waals surface area contributed by atoms with E-state index in [-0.39, 0.29) is 12.4 Å². The molecule has 0 aliphatic carbocycles. The van der Waals surface area contributed by atoms with E-state index in [0.29, 0.717) is 11.0 Å². The first kappa shape index (κ1) is 11.8. The second-order valence-electron chi connectivity index (χ2n) is 2.72. The largest absolute Gasteiger partial charge is 0.340 e. The van der Waals surface area contributed by atoms with E-state index in [0.717, 1.165) is 5.69 Å². The Hall–Kier alpha value is -1.32. The van der Waals surface area contributed by atoms with Crippen LogP contribution in [0.5, 0.6) is 0 Å². The van der Waals surface area contributed by atoms with E-state index in [2.05, 4.69) is 15.3 Å². The van der Waals surface area contributed by atoms with Gasteiger partial charge < -0.3 is 5.32 Å². The molecule has 5 heteroatoms. The van der Waals surface area contributed by atoms with Gasteiger partial charge in [0.2, 0.25) is 0 Å². The summed E-state index contributed by atoms with van der Waals surface area (Å²) in [5, 5.41) is 3.54. The summed E-state index contributed by atoms with van der Waals surface area (Å²) >= 11 is 5.72. The van der Waals surface area contributed by atoms with Gasteiger partial charge in [-0.05, 0) is 12.1 Å². The lowest BCUT2D eigenvalue weighted by Gasteiger charge is -2.03. The van der Waals surface area contributed by atoms with Crippen molar-refractivity contribution < 1.29 is 0 Å². The molecule has 0 spiro atoms. The summed E-state index contributed by atoms with van der Waals surface area (Å²) in [6, 6.07) is 11.4. The highest BCUT2D eigenvalue weighted by Crippen LogP contribution is 2.15. The second kappa shape index (κ2) is 5.53. The van der Waals surface area contributed by atoms with E-state index in [1.807, 2.05) is 30.3 Å². The Bertz CT molecular complexity index is 420. The Labute approximate surface area is 98.9 Å². The number of nitrogens with zero attached hydrogens (tertiary/aromatic N) is 2. The molecular weight excluding hydrogens is 233 g/mol. The Kier molecular flexibility index (Phi) is 4.34. The minimum atomic E-state index is 0. The van der Waals surface area contributed by atoms with Gasteiger partial charge in [-0.3, -0.25) is 0 Å². The topological polar surface area (TPSA) is 37.8 Å². The van der Waals surface area contributed by atoms with Crippen LogP contribution in [0, 0.1) is 0 Å². The summed E-state index contributed by atoms with van der Waals surface area (Å²) in [7, 11) is 0. The molecule has 0 fully saturated rings. The first-order valence-electron chi connectivity index (χ1n) is 4.14. The summed E-state index contributed by atoms with van der Waals surface area (Å²) in [6.07, 6.45) is 1.42. The fraction of sp³-hybridized carbons (Fsp3) is 0. The van der Waals surface area contributed by atoms with Crippen molar-refractivity contribution in [2.75, 3.05) is 5.32 Å². The van der Waals surface area contributed by atoms with Crippen LogP contribution in [0.25, 0.3) is 0 Å². The number of hydrogen-bond donors (Lipinski definition) is 1. The van der Waals surface area contributed by atoms with Gasteiger partial charge in [0.1, 0.15) is 17.3 Å². The summed E-state index contributed by atoms with van der Waals surface area (Å²) in [5.74, 6) is 0.691. The van der Waals surface area contributed by atoms with Crippen LogP contribution < -0.4 is 5.32 Å². The minimum absolute atomic E-state index is 0. The molecule has 1 aromatic heterocycles. The third kappa shape index (κ3) is 3.38. The number of benzene rings is 1. The van der Waals surface area contributed by atoms with E-state index in [9.17, 15) is 0 Å². The number of rotatable bonds is 2. The molecule has 0 radical (unpaired) electrons. The maximum atomic E-state index is 5.72. The molecule has 1 aromatic carbocycles. The van der Waals surface area contributed by atoms with Crippen LogP contribution in [0.3, 0.4) is 0 Å². The smallest absolute Gasteiger partial charge is 0.135 e. The van der Waals surface area contributed by atoms with Gasteiger partial charge in [0.05, 0.1) is 0 Å². The van der Waals surface area contributed by atoms with Gasteiger partial charge in [-0.15, -0.1) is 12.4 Å². The van der Waals surface area contributed by atoms with Crippen molar-refractivity contribution in [2.24, 2.45) is 0 Å². The van der Waals surface area contributed by atoms with Crippen molar-refractivity contribution in [1.82, 2.24) is 9.97 Å². The first-order chi connectivity index (χ1) is 6.84. The maximum Gasteiger partial charge on any atom is 0.135 e. The molecule has 0 atom stereocenters. The number of halogens is 2. The van der Waals surface area contributed by atoms with Gasteiger partial charge in [-0.1, -0.05) is 29.8 Å². The highest BCUT2D eigenvalue weighted by atomic mass is 35.5. The van der Waals surface area contributed by atoms with E-state index < -0.39 is 0 Å². The van der Waals surface area contributed by atoms with Crippen LogP contribution in [0.15, 0.2) is 42.7 Å². The van der Waals surface area contributed by atoms with Crippen molar-refractivity contribution >= 4 is 35.5 Å². The summed E-state index contributed by atoms with van der Waals surface area (Å²) in [4.78, 5) is 7.82. The summed E-state index contributed by atoms with van der Waals surface area (Å²) in [6.45, 7) is 0. The van der Waals surface area contributed by atoms with Crippen LogP contribution in [-0.4, -0.2) is 9.97 Å². The van der Waals surface area contributed by atoms with Crippen LogP contribution in [0.4, 0.5) is 11.5 Å². The third-order valence-electron chi connectivity index (χ3n) is 1.68. The fourth-order valence-corrected chi connectivity index (χ4v) is 1.22. The first-order valence-corrected chi connectivity index (χ1v) is 4.52. The van der Waals surface area contributed by atoms with E-state index in [1.165, 1.54) is 6.33 Å². The van der Waals surface area contributed by atoms with Gasteiger partial charge in [0.15, 0.2) is 0 Å². The van der Waals surface area contributed by atoms with E-state index in [4.69, 9.17) is 11.6 Å². The van der Waals surface area contributed by atoms with Crippen molar-refractivity contribution in [3.05, 3.63) is 47.9 Å². The van der Waals surface area contributed by atoms with Gasteiger partial charge >= 0.3 is 0 Å². The number of para-hydroxylation sites is 1. The van der Waals surface area contributed by atoms with Crippen molar-refractivity contribution in [3.8, 4) is 0 Å². The normalized spacial score (nSPS) is 9.13. The third-order valence-corrected chi connectivity index (χ3v) is 1.89. The lowest BCUT2D eigenvalue weighted by Crippen LogP contribution is -1.93. The Morgan fingerprint density at radius 3 is 2.47 bits per heavy atom. The van der Waals surface area contributed by atoms with E-state index in [1.54, 1.807) is 6.07 Å². The van der Waals surface area contributed by atoms with Crippen molar-refractivity contribution in [2.45, 2.75) is 0 Å². The molecular formula is C10H9Cl2N3. The Balaban J connectivity index is 0.00000112. The zero-order valence-corrected chi connectivity index (χ0v) is 9.29. The highest BCUT2D eigenvalue weighted by molar-refractivity contribution is 6.29. The molecule has 0 bridgehead atoms. The lowest BCUT2D eigenvalue weighted by atomic mass is 10.3. The zero-order chi connectivity index (χ0) is 9.80. The number of hydrogen-bond acceptors (Lipinski definition) is 3. The minimum Gasteiger partial charge on any atom is -0.340 e. The SMILES string of the molecule is Cl.Clc1cc(Nc2ccccc2)ncn1. The molecule has 2 aromatic rings. The molecule has 15 heavy (non-hydrogen) atoms. The number of nitrogens with one attached hydrogen (secondary N) is 1. The average molecular weight is 242 g/mol. The maximum absolute atomic E-state index is 5.72. The van der Waals surface area contributed by atoms with Crippen LogP contribution in [0.1, 0.15) is 0 Å². The molecule has 0 amide bonds. The summed E-state index contributed by atoms with van der Waals surface area (Å²) < 4.78 is 0. The number of aromatic nitrogens is 2. The monoisotopic (exact) mass is 241 g/mol. The molecule has 0 saturated carbocycles. The molecule has 78 valence electrons. The molecule has 0 aliphatic rings. The molecule has 0 saturated heterocycles. The predicted molar refractivity (Wildman–Crippen MR) is 64.0 cm³/mol. The standard InChI is InChI=1S/C10H8ClN3.ClH/c11-9-6-10(13-7-12-9)14-8-4-2-1-3-5-8;/h1-7H,(H,12,13,14);1H. The van der Waals surface area contributed by atoms with Crippen molar-refractivity contribution in [3.63, 3.8) is 0 Å². The van der Waals surface area contributed by atoms with Gasteiger partial charge in [-0.2, -0.15) is 0 Å². The second-order valence-corrected chi connectivity index (χ2v) is 3.10. The molecule has 2 rings (SSSR count). The highest BCUT2D eigenvalue weighted by Gasteiger charge is 1.95. The zero-order valence-electron chi connectivity index (χ0n) is 7.72. The lowest BCUT2D eigenvalue weighted by molar-refractivity contribution is 1.17. The van der Waals surface area contributed by atoms with Crippen molar-refractivity contribution in [1.29, 1.82) is 0 Å². The summed E-state index contributed by atoms with van der Waals surface area (Å²) in [5.41, 5.74) is 0.974. The average Bonchev–Trinajstić information content (AvgIpc) is 2.19. The van der Waals surface area contributed by atoms with Gasteiger partial charge in [-0.25, -0.2) is 9.97 Å². The van der Waals surface area contributed by atoms with Crippen LogP contribution in [-0.2, 0) is 0 Å². The Morgan fingerprint density at radius 2 is 1.80 bits per heavy atom. The Morgan fingerprint density at radius 1 is 1.07 bits per heavy atom. The van der Waals surface area contributed by atoms with Gasteiger partial charge in [0.25, 0.3) is 0 Å². The molecule has 0 unspecified atom stereocenters.